The van der Waals surface area contributed by atoms with Gasteiger partial charge in [-0.3, -0.25) is 4.79 Å². The van der Waals surface area contributed by atoms with Crippen LogP contribution >= 0.6 is 0 Å². The number of pyridine rings is 1. The minimum Gasteiger partial charge on any atom is -0.466 e. The summed E-state index contributed by atoms with van der Waals surface area (Å²) in [6.45, 7) is 0. The third-order valence-electron chi connectivity index (χ3n) is 6.05. The average Bonchev–Trinajstić information content (AvgIpc) is 2.99. The molecule has 39 heavy (non-hydrogen) atoms. The van der Waals surface area contributed by atoms with Crippen LogP contribution in [0.4, 0.5) is 19.1 Å². The van der Waals surface area contributed by atoms with Gasteiger partial charge >= 0.3 is 11.9 Å². The number of nitriles is 1. The van der Waals surface area contributed by atoms with Crippen molar-refractivity contribution in [1.82, 2.24) is 10.3 Å². The summed E-state index contributed by atoms with van der Waals surface area (Å²) in [5.74, 6) is -9.11. The van der Waals surface area contributed by atoms with Gasteiger partial charge in [-0.15, -0.1) is 0 Å². The summed E-state index contributed by atoms with van der Waals surface area (Å²) in [7, 11) is 0. The van der Waals surface area contributed by atoms with Gasteiger partial charge in [0, 0.05) is 10.7 Å². The van der Waals surface area contributed by atoms with E-state index in [2.05, 4.69) is 20.6 Å². The van der Waals surface area contributed by atoms with E-state index in [4.69, 9.17) is 14.7 Å². The van der Waals surface area contributed by atoms with Crippen molar-refractivity contribution in [1.29, 1.82) is 5.26 Å². The molecule has 1 aliphatic carbocycles. The highest BCUT2D eigenvalue weighted by atomic mass is 19.3. The lowest BCUT2D eigenvalue weighted by Crippen LogP contribution is -2.65. The number of halogens is 3. The van der Waals surface area contributed by atoms with Crippen LogP contribution < -0.4 is 10.6 Å². The number of nitrogens with zero attached hydrogens (tertiary/aromatic N) is 2. The molecule has 2 atom stereocenters. The molecule has 1 aromatic carbocycles. The van der Waals surface area contributed by atoms with E-state index in [1.165, 1.54) is 43.1 Å². The maximum atomic E-state index is 16.0. The Balaban J connectivity index is 1.88. The van der Waals surface area contributed by atoms with E-state index in [-0.39, 0.29) is 17.1 Å². The zero-order chi connectivity index (χ0) is 27.9. The number of allylic oxidation sites excluding steroid dienone is 3. The molecule has 0 saturated carbocycles. The molecule has 2 unspecified atom stereocenters. The van der Waals surface area contributed by atoms with Crippen LogP contribution in [0.5, 0.6) is 0 Å². The predicted octanol–water partition coefficient (Wildman–Crippen LogP) is 4.44. The Morgan fingerprint density at radius 2 is 1.95 bits per heavy atom. The molecule has 0 bridgehead atoms. The van der Waals surface area contributed by atoms with Crippen molar-refractivity contribution in [2.45, 2.75) is 30.3 Å². The number of benzene rings is 1. The maximum Gasteiger partial charge on any atom is 0.421 e. The molecule has 1 amide bonds. The molecule has 2 N–H and O–H groups in total. The van der Waals surface area contributed by atoms with Crippen LogP contribution in [0.3, 0.4) is 0 Å². The van der Waals surface area contributed by atoms with Gasteiger partial charge in [0.15, 0.2) is 5.76 Å². The van der Waals surface area contributed by atoms with Gasteiger partial charge in [0.25, 0.3) is 5.91 Å². The molecule has 2 heterocycles. The zero-order valence-corrected chi connectivity index (χ0v) is 20.1. The van der Waals surface area contributed by atoms with E-state index in [9.17, 15) is 14.1 Å². The van der Waals surface area contributed by atoms with Crippen molar-refractivity contribution in [3.05, 3.63) is 108 Å². The summed E-state index contributed by atoms with van der Waals surface area (Å²) in [5.41, 5.74) is -2.99. The van der Waals surface area contributed by atoms with Crippen molar-refractivity contribution in [3.8, 4) is 6.07 Å². The second-order valence-corrected chi connectivity index (χ2v) is 8.39. The SMILES string of the molecule is N#Cc1ccc(NC(C(=O)NC(C2=CC=CCC2)C2=COC=CO2)(c2ccccc2)C(F)(F)C(=O)OF)nc1. The molecular weight excluding hydrogens is 517 g/mol. The van der Waals surface area contributed by atoms with Crippen LogP contribution in [0.15, 0.2) is 97.0 Å². The third kappa shape index (κ3) is 5.33. The third-order valence-corrected chi connectivity index (χ3v) is 6.05. The summed E-state index contributed by atoms with van der Waals surface area (Å²) >= 11 is 0. The molecule has 2 aliphatic rings. The highest BCUT2D eigenvalue weighted by Crippen LogP contribution is 2.42. The van der Waals surface area contributed by atoms with Crippen molar-refractivity contribution in [2.75, 3.05) is 5.32 Å². The van der Waals surface area contributed by atoms with E-state index < -0.39 is 34.9 Å². The van der Waals surface area contributed by atoms with Gasteiger partial charge in [0.05, 0.1) is 5.56 Å². The molecule has 4 rings (SSSR count). The van der Waals surface area contributed by atoms with E-state index in [0.29, 0.717) is 18.4 Å². The summed E-state index contributed by atoms with van der Waals surface area (Å²) in [5, 5.41) is 13.9. The number of carbonyl (C=O) groups is 2. The fourth-order valence-electron chi connectivity index (χ4n) is 4.13. The minimum atomic E-state index is -4.83. The largest absolute Gasteiger partial charge is 0.466 e. The second kappa shape index (κ2) is 11.6. The van der Waals surface area contributed by atoms with Crippen molar-refractivity contribution in [3.63, 3.8) is 0 Å². The Bertz CT molecular complexity index is 1380. The summed E-state index contributed by atoms with van der Waals surface area (Å²) in [4.78, 5) is 33.2. The molecule has 0 spiro atoms. The number of alkyl halides is 2. The Morgan fingerprint density at radius 3 is 2.54 bits per heavy atom. The van der Waals surface area contributed by atoms with Gasteiger partial charge in [0.2, 0.25) is 5.54 Å². The first-order valence-electron chi connectivity index (χ1n) is 11.6. The van der Waals surface area contributed by atoms with Crippen LogP contribution in [-0.4, -0.2) is 28.8 Å². The van der Waals surface area contributed by atoms with Crippen LogP contribution in [0, 0.1) is 11.3 Å². The van der Waals surface area contributed by atoms with Gasteiger partial charge in [-0.05, 0) is 36.1 Å². The average molecular weight is 538 g/mol. The molecule has 2 aromatic rings. The summed E-state index contributed by atoms with van der Waals surface area (Å²) in [6, 6.07) is 9.71. The van der Waals surface area contributed by atoms with E-state index in [1.54, 1.807) is 12.2 Å². The van der Waals surface area contributed by atoms with Crippen LogP contribution in [0.25, 0.3) is 0 Å². The lowest BCUT2D eigenvalue weighted by molar-refractivity contribution is -0.220. The smallest absolute Gasteiger partial charge is 0.421 e. The van der Waals surface area contributed by atoms with E-state index in [0.717, 1.165) is 24.4 Å². The normalized spacial score (nSPS) is 16.7. The fraction of sp³-hybridized carbons (Fsp3) is 0.185. The first kappa shape index (κ1) is 27.0. The number of ether oxygens (including phenoxy) is 2. The number of amides is 1. The predicted molar refractivity (Wildman–Crippen MR) is 131 cm³/mol. The molecule has 1 aromatic heterocycles. The number of aromatic nitrogens is 1. The highest BCUT2D eigenvalue weighted by molar-refractivity contribution is 5.99. The number of hydrogen-bond acceptors (Lipinski definition) is 8. The topological polar surface area (TPSA) is 123 Å². The van der Waals surface area contributed by atoms with Gasteiger partial charge in [-0.25, -0.2) is 14.7 Å². The number of nitrogens with one attached hydrogen (secondary N) is 2. The van der Waals surface area contributed by atoms with Crippen molar-refractivity contribution >= 4 is 17.7 Å². The molecule has 9 nitrogen and oxygen atoms in total. The lowest BCUT2D eigenvalue weighted by atomic mass is 9.81. The Labute approximate surface area is 220 Å². The number of hydrogen-bond donors (Lipinski definition) is 2. The second-order valence-electron chi connectivity index (χ2n) is 8.39. The zero-order valence-electron chi connectivity index (χ0n) is 20.1. The Kier molecular flexibility index (Phi) is 8.00. The molecule has 0 fully saturated rings. The van der Waals surface area contributed by atoms with E-state index >= 15 is 8.78 Å². The van der Waals surface area contributed by atoms with E-state index in [1.807, 2.05) is 12.1 Å². The standard InChI is InChI=1S/C27H21F3N4O5/c28-27(29,25(36)39-30)26(20-9-5-2-6-10-20,34-22-12-11-18(15-31)16-32-22)24(35)33-23(19-7-3-1-4-8-19)21-17-37-13-14-38-21/h1-3,5-7,9-14,16-17,23H,4,8H2,(H,32,34)(H,33,35). The van der Waals surface area contributed by atoms with Crippen molar-refractivity contribution in [2.24, 2.45) is 0 Å². The summed E-state index contributed by atoms with van der Waals surface area (Å²) < 4.78 is 55.7. The maximum absolute atomic E-state index is 16.0. The van der Waals surface area contributed by atoms with Gasteiger partial charge in [-0.1, -0.05) is 48.6 Å². The van der Waals surface area contributed by atoms with Crippen LogP contribution in [0.2, 0.25) is 0 Å². The number of carbonyl (C=O) groups excluding carboxylic acids is 2. The Morgan fingerprint density at radius 1 is 1.15 bits per heavy atom. The molecule has 0 saturated heterocycles. The van der Waals surface area contributed by atoms with Gasteiger partial charge < -0.3 is 20.1 Å². The molecule has 0 radical (unpaired) electrons. The number of rotatable bonds is 9. The van der Waals surface area contributed by atoms with Crippen LogP contribution in [-0.2, 0) is 29.5 Å². The van der Waals surface area contributed by atoms with Gasteiger partial charge in [0.1, 0.15) is 36.7 Å². The molecule has 200 valence electrons. The summed E-state index contributed by atoms with van der Waals surface area (Å²) in [6.07, 6.45) is 11.0. The monoisotopic (exact) mass is 538 g/mol. The van der Waals surface area contributed by atoms with Crippen molar-refractivity contribution < 1.29 is 37.3 Å². The highest BCUT2D eigenvalue weighted by Gasteiger charge is 2.67. The quantitative estimate of drug-likeness (QED) is 0.481. The number of anilines is 1. The molecular formula is C27H21F3N4O5. The van der Waals surface area contributed by atoms with Gasteiger partial charge in [-0.2, -0.15) is 14.0 Å². The molecule has 1 aliphatic heterocycles. The minimum absolute atomic E-state index is 0.0715. The van der Waals surface area contributed by atoms with Crippen LogP contribution in [0.1, 0.15) is 24.0 Å². The first-order chi connectivity index (χ1) is 18.8. The first-order valence-corrected chi connectivity index (χ1v) is 11.6. The fourth-order valence-corrected chi connectivity index (χ4v) is 4.13. The molecule has 12 heteroatoms. The Hall–Kier alpha value is -5.05. The lowest BCUT2D eigenvalue weighted by Gasteiger charge is -2.39.